The molecule has 0 spiro atoms. The summed E-state index contributed by atoms with van der Waals surface area (Å²) in [6, 6.07) is 0. The molecule has 0 aliphatic heterocycles. The predicted octanol–water partition coefficient (Wildman–Crippen LogP) is -0.229. The Kier molecular flexibility index (Phi) is 2.01. The molecule has 0 fully saturated rings. The molecule has 0 aliphatic carbocycles. The van der Waals surface area contributed by atoms with E-state index in [2.05, 4.69) is 15.4 Å². The Balaban J connectivity index is 2.87. The van der Waals surface area contributed by atoms with E-state index < -0.39 is 0 Å². The van der Waals surface area contributed by atoms with Crippen LogP contribution in [0.25, 0.3) is 0 Å². The van der Waals surface area contributed by atoms with Crippen LogP contribution in [0.15, 0.2) is 12.4 Å². The van der Waals surface area contributed by atoms with E-state index >= 15 is 0 Å². The molecule has 0 bridgehead atoms. The van der Waals surface area contributed by atoms with Crippen LogP contribution < -0.4 is 16.0 Å². The molecular weight excluding hydrogens is 132 g/mol. The molecule has 1 rings (SSSR count). The second kappa shape index (κ2) is 2.98. The molecule has 1 heterocycles. The van der Waals surface area contributed by atoms with E-state index in [-0.39, 0.29) is 0 Å². The van der Waals surface area contributed by atoms with Gasteiger partial charge in [0, 0.05) is 0 Å². The van der Waals surface area contributed by atoms with Gasteiger partial charge in [0.2, 0.25) is 5.88 Å². The maximum Gasteiger partial charge on any atom is 0.234 e. The van der Waals surface area contributed by atoms with Gasteiger partial charge in [-0.2, -0.15) is 4.98 Å². The molecule has 0 saturated carbocycles. The summed E-state index contributed by atoms with van der Waals surface area (Å²) in [5, 5.41) is 0. The quantitative estimate of drug-likeness (QED) is 0.438. The van der Waals surface area contributed by atoms with Gasteiger partial charge in [0.05, 0.1) is 19.5 Å². The van der Waals surface area contributed by atoms with Crippen LogP contribution in [0.1, 0.15) is 0 Å². The number of anilines is 1. The summed E-state index contributed by atoms with van der Waals surface area (Å²) >= 11 is 0. The summed E-state index contributed by atoms with van der Waals surface area (Å²) < 4.78 is 4.79. The lowest BCUT2D eigenvalue weighted by atomic mass is 10.6. The highest BCUT2D eigenvalue weighted by Gasteiger charge is 1.93. The number of nitrogens with zero attached hydrogens (tertiary/aromatic N) is 2. The van der Waals surface area contributed by atoms with Crippen molar-refractivity contribution in [1.29, 1.82) is 0 Å². The van der Waals surface area contributed by atoms with Crippen LogP contribution in [0.5, 0.6) is 5.88 Å². The lowest BCUT2D eigenvalue weighted by Gasteiger charge is -1.99. The Hall–Kier alpha value is -1.36. The van der Waals surface area contributed by atoms with Crippen LogP contribution in [0.2, 0.25) is 0 Å². The predicted molar refractivity (Wildman–Crippen MR) is 36.4 cm³/mol. The van der Waals surface area contributed by atoms with E-state index in [0.29, 0.717) is 11.7 Å². The highest BCUT2D eigenvalue weighted by atomic mass is 16.5. The van der Waals surface area contributed by atoms with E-state index in [0.717, 1.165) is 0 Å². The van der Waals surface area contributed by atoms with Crippen LogP contribution in [0.4, 0.5) is 5.82 Å². The van der Waals surface area contributed by atoms with Gasteiger partial charge in [-0.15, -0.1) is 0 Å². The molecular formula is C5H8N4O. The standard InChI is InChI=1S/C5H8N4O/c1-10-5-3-7-2-4(8-5)9-6/h2-3H,6H2,1H3,(H,8,9). The van der Waals surface area contributed by atoms with Gasteiger partial charge in [0.1, 0.15) is 0 Å². The lowest BCUT2D eigenvalue weighted by molar-refractivity contribution is 0.396. The van der Waals surface area contributed by atoms with Gasteiger partial charge in [-0.3, -0.25) is 4.98 Å². The molecule has 10 heavy (non-hydrogen) atoms. The number of rotatable bonds is 2. The van der Waals surface area contributed by atoms with E-state index in [4.69, 9.17) is 10.6 Å². The zero-order chi connectivity index (χ0) is 7.40. The zero-order valence-corrected chi connectivity index (χ0v) is 5.53. The van der Waals surface area contributed by atoms with E-state index in [1.165, 1.54) is 19.5 Å². The minimum Gasteiger partial charge on any atom is -0.480 e. The van der Waals surface area contributed by atoms with Gasteiger partial charge < -0.3 is 10.2 Å². The van der Waals surface area contributed by atoms with Crippen LogP contribution in [0.3, 0.4) is 0 Å². The van der Waals surface area contributed by atoms with Crippen molar-refractivity contribution in [3.05, 3.63) is 12.4 Å². The first kappa shape index (κ1) is 6.76. The van der Waals surface area contributed by atoms with Crippen LogP contribution in [0, 0.1) is 0 Å². The largest absolute Gasteiger partial charge is 0.480 e. The third kappa shape index (κ3) is 1.32. The molecule has 5 nitrogen and oxygen atoms in total. The average Bonchev–Trinajstić information content (AvgIpc) is 2.05. The van der Waals surface area contributed by atoms with Crippen molar-refractivity contribution >= 4 is 5.82 Å². The summed E-state index contributed by atoms with van der Waals surface area (Å²) in [4.78, 5) is 7.69. The maximum absolute atomic E-state index is 5.07. The van der Waals surface area contributed by atoms with Gasteiger partial charge in [-0.25, -0.2) is 5.84 Å². The fraction of sp³-hybridized carbons (Fsp3) is 0.200. The first-order valence-electron chi connectivity index (χ1n) is 2.69. The molecule has 0 aromatic carbocycles. The monoisotopic (exact) mass is 140 g/mol. The maximum atomic E-state index is 5.07. The van der Waals surface area contributed by atoms with Crippen LogP contribution in [-0.4, -0.2) is 17.1 Å². The fourth-order valence-electron chi connectivity index (χ4n) is 0.516. The Bertz CT molecular complexity index is 195. The van der Waals surface area contributed by atoms with Crippen molar-refractivity contribution in [1.82, 2.24) is 9.97 Å². The molecule has 0 atom stereocenters. The first-order valence-corrected chi connectivity index (χ1v) is 2.69. The third-order valence-electron chi connectivity index (χ3n) is 0.969. The SMILES string of the molecule is COc1cncc(NN)n1. The lowest BCUT2D eigenvalue weighted by Crippen LogP contribution is -2.08. The Labute approximate surface area is 58.2 Å². The number of ether oxygens (including phenoxy) is 1. The second-order valence-electron chi connectivity index (χ2n) is 1.59. The molecule has 54 valence electrons. The molecule has 5 heteroatoms. The third-order valence-corrected chi connectivity index (χ3v) is 0.969. The number of hydrogen-bond acceptors (Lipinski definition) is 5. The number of aromatic nitrogens is 2. The van der Waals surface area contributed by atoms with Crippen molar-refractivity contribution in [2.75, 3.05) is 12.5 Å². The number of hydrazine groups is 1. The smallest absolute Gasteiger partial charge is 0.234 e. The Morgan fingerprint density at radius 3 is 3.00 bits per heavy atom. The summed E-state index contributed by atoms with van der Waals surface area (Å²) in [7, 11) is 1.52. The van der Waals surface area contributed by atoms with Crippen LogP contribution in [-0.2, 0) is 0 Å². The summed E-state index contributed by atoms with van der Waals surface area (Å²) in [6.07, 6.45) is 3.00. The topological polar surface area (TPSA) is 73.1 Å². The van der Waals surface area contributed by atoms with Gasteiger partial charge in [-0.05, 0) is 0 Å². The summed E-state index contributed by atoms with van der Waals surface area (Å²) in [6.45, 7) is 0. The summed E-state index contributed by atoms with van der Waals surface area (Å²) in [5.41, 5.74) is 2.35. The number of nitrogen functional groups attached to an aromatic ring is 1. The number of methoxy groups -OCH3 is 1. The van der Waals surface area contributed by atoms with E-state index in [1.54, 1.807) is 0 Å². The van der Waals surface area contributed by atoms with Gasteiger partial charge in [0.15, 0.2) is 5.82 Å². The minimum atomic E-state index is 0.440. The average molecular weight is 140 g/mol. The van der Waals surface area contributed by atoms with Crippen molar-refractivity contribution in [3.63, 3.8) is 0 Å². The molecule has 1 aromatic rings. The van der Waals surface area contributed by atoms with E-state index in [1.807, 2.05) is 0 Å². The van der Waals surface area contributed by atoms with Crippen molar-refractivity contribution < 1.29 is 4.74 Å². The number of hydrogen-bond donors (Lipinski definition) is 2. The highest BCUT2D eigenvalue weighted by Crippen LogP contribution is 2.05. The van der Waals surface area contributed by atoms with E-state index in [9.17, 15) is 0 Å². The highest BCUT2D eigenvalue weighted by molar-refractivity contribution is 5.30. The summed E-state index contributed by atoms with van der Waals surface area (Å²) in [5.74, 6) is 5.99. The van der Waals surface area contributed by atoms with Gasteiger partial charge in [0.25, 0.3) is 0 Å². The molecule has 0 saturated heterocycles. The Morgan fingerprint density at radius 2 is 2.40 bits per heavy atom. The molecule has 0 unspecified atom stereocenters. The van der Waals surface area contributed by atoms with Crippen molar-refractivity contribution in [2.45, 2.75) is 0 Å². The van der Waals surface area contributed by atoms with Gasteiger partial charge in [-0.1, -0.05) is 0 Å². The zero-order valence-electron chi connectivity index (χ0n) is 5.53. The van der Waals surface area contributed by atoms with Crippen molar-refractivity contribution in [3.8, 4) is 5.88 Å². The van der Waals surface area contributed by atoms with Crippen LogP contribution >= 0.6 is 0 Å². The number of nitrogens with one attached hydrogen (secondary N) is 1. The molecule has 0 aliphatic rings. The molecule has 3 N–H and O–H groups in total. The Morgan fingerprint density at radius 1 is 1.60 bits per heavy atom. The number of nitrogens with two attached hydrogens (primary N) is 1. The van der Waals surface area contributed by atoms with Crippen molar-refractivity contribution in [2.24, 2.45) is 5.84 Å². The normalized spacial score (nSPS) is 9.00. The van der Waals surface area contributed by atoms with Gasteiger partial charge >= 0.3 is 0 Å². The first-order chi connectivity index (χ1) is 4.86. The molecule has 1 aromatic heterocycles. The minimum absolute atomic E-state index is 0.440. The molecule has 0 amide bonds. The fourth-order valence-corrected chi connectivity index (χ4v) is 0.516. The molecule has 0 radical (unpaired) electrons. The second-order valence-corrected chi connectivity index (χ2v) is 1.59.